The molecule has 16 heavy (non-hydrogen) atoms. The zero-order valence-electron chi connectivity index (χ0n) is 8.81. The van der Waals surface area contributed by atoms with Gasteiger partial charge in [0.05, 0.1) is 18.4 Å². The Labute approximate surface area is 92.9 Å². The molecule has 0 saturated heterocycles. The Balaban J connectivity index is 2.13. The van der Waals surface area contributed by atoms with Crippen LogP contribution in [-0.4, -0.2) is 21.5 Å². The van der Waals surface area contributed by atoms with Crippen LogP contribution in [0.2, 0.25) is 0 Å². The van der Waals surface area contributed by atoms with Crippen LogP contribution in [0.15, 0.2) is 30.5 Å². The van der Waals surface area contributed by atoms with E-state index in [0.29, 0.717) is 13.1 Å². The van der Waals surface area contributed by atoms with Gasteiger partial charge in [0.25, 0.3) is 0 Å². The quantitative estimate of drug-likeness (QED) is 0.835. The Morgan fingerprint density at radius 1 is 1.25 bits per heavy atom. The molecule has 0 fully saturated rings. The molecule has 0 amide bonds. The van der Waals surface area contributed by atoms with E-state index >= 15 is 0 Å². The van der Waals surface area contributed by atoms with E-state index in [-0.39, 0.29) is 5.82 Å². The molecular weight excluding hydrogens is 207 g/mol. The topological polar surface area (TPSA) is 56.7 Å². The predicted octanol–water partition coefficient (Wildman–Crippen LogP) is 0.967. The molecule has 2 aromatic rings. The molecule has 0 radical (unpaired) electrons. The Kier molecular flexibility index (Phi) is 3.26. The van der Waals surface area contributed by atoms with E-state index in [4.69, 9.17) is 5.73 Å². The van der Waals surface area contributed by atoms with Gasteiger partial charge in [0.2, 0.25) is 0 Å². The van der Waals surface area contributed by atoms with Crippen LogP contribution in [-0.2, 0) is 13.0 Å². The van der Waals surface area contributed by atoms with Gasteiger partial charge in [-0.1, -0.05) is 17.3 Å². The van der Waals surface area contributed by atoms with Crippen LogP contribution in [0.25, 0.3) is 0 Å². The molecule has 0 spiro atoms. The molecule has 0 bridgehead atoms. The van der Waals surface area contributed by atoms with Gasteiger partial charge in [-0.25, -0.2) is 9.07 Å². The van der Waals surface area contributed by atoms with Crippen LogP contribution >= 0.6 is 0 Å². The van der Waals surface area contributed by atoms with Crippen LogP contribution < -0.4 is 5.73 Å². The molecule has 0 saturated carbocycles. The molecule has 2 rings (SSSR count). The van der Waals surface area contributed by atoms with Crippen molar-refractivity contribution < 1.29 is 4.39 Å². The SMILES string of the molecule is NCCc1cnnn1Cc1ccc(F)cc1. The lowest BCUT2D eigenvalue weighted by atomic mass is 10.2. The van der Waals surface area contributed by atoms with E-state index in [0.717, 1.165) is 17.7 Å². The highest BCUT2D eigenvalue weighted by Crippen LogP contribution is 2.06. The summed E-state index contributed by atoms with van der Waals surface area (Å²) in [6, 6.07) is 6.36. The van der Waals surface area contributed by atoms with Crippen molar-refractivity contribution in [1.82, 2.24) is 15.0 Å². The first kappa shape index (κ1) is 10.8. The summed E-state index contributed by atoms with van der Waals surface area (Å²) in [5.41, 5.74) is 7.47. The molecule has 0 aliphatic carbocycles. The largest absolute Gasteiger partial charge is 0.330 e. The predicted molar refractivity (Wildman–Crippen MR) is 58.3 cm³/mol. The van der Waals surface area contributed by atoms with Gasteiger partial charge in [0.1, 0.15) is 5.82 Å². The Morgan fingerprint density at radius 3 is 2.69 bits per heavy atom. The van der Waals surface area contributed by atoms with Gasteiger partial charge in [0, 0.05) is 6.42 Å². The monoisotopic (exact) mass is 220 g/mol. The van der Waals surface area contributed by atoms with E-state index in [9.17, 15) is 4.39 Å². The fraction of sp³-hybridized carbons (Fsp3) is 0.273. The maximum atomic E-state index is 12.7. The highest BCUT2D eigenvalue weighted by Gasteiger charge is 2.03. The average Bonchev–Trinajstić information content (AvgIpc) is 2.70. The fourth-order valence-electron chi connectivity index (χ4n) is 1.52. The van der Waals surface area contributed by atoms with Crippen molar-refractivity contribution in [1.29, 1.82) is 0 Å². The van der Waals surface area contributed by atoms with E-state index in [1.807, 2.05) is 0 Å². The van der Waals surface area contributed by atoms with Crippen LogP contribution in [0, 0.1) is 5.82 Å². The Morgan fingerprint density at radius 2 is 2.00 bits per heavy atom. The van der Waals surface area contributed by atoms with E-state index < -0.39 is 0 Å². The van der Waals surface area contributed by atoms with Crippen molar-refractivity contribution in [2.75, 3.05) is 6.54 Å². The second-order valence-corrected chi connectivity index (χ2v) is 3.55. The third-order valence-electron chi connectivity index (χ3n) is 2.34. The van der Waals surface area contributed by atoms with E-state index in [1.54, 1.807) is 23.0 Å². The lowest BCUT2D eigenvalue weighted by Gasteiger charge is -2.05. The molecule has 0 aliphatic heterocycles. The minimum atomic E-state index is -0.232. The van der Waals surface area contributed by atoms with Crippen LogP contribution in [0.5, 0.6) is 0 Å². The first-order chi connectivity index (χ1) is 7.79. The van der Waals surface area contributed by atoms with E-state index in [1.165, 1.54) is 12.1 Å². The number of nitrogens with zero attached hydrogens (tertiary/aromatic N) is 3. The summed E-state index contributed by atoms with van der Waals surface area (Å²) in [4.78, 5) is 0. The van der Waals surface area contributed by atoms with Gasteiger partial charge in [-0.2, -0.15) is 0 Å². The van der Waals surface area contributed by atoms with Gasteiger partial charge < -0.3 is 5.73 Å². The number of hydrogen-bond acceptors (Lipinski definition) is 3. The molecule has 0 atom stereocenters. The number of benzene rings is 1. The van der Waals surface area contributed by atoms with E-state index in [2.05, 4.69) is 10.3 Å². The van der Waals surface area contributed by atoms with Crippen molar-refractivity contribution >= 4 is 0 Å². The maximum absolute atomic E-state index is 12.7. The molecule has 84 valence electrons. The van der Waals surface area contributed by atoms with Gasteiger partial charge in [-0.15, -0.1) is 5.10 Å². The van der Waals surface area contributed by atoms with Gasteiger partial charge in [-0.3, -0.25) is 0 Å². The molecule has 1 heterocycles. The second-order valence-electron chi connectivity index (χ2n) is 3.55. The summed E-state index contributed by atoms with van der Waals surface area (Å²) >= 11 is 0. The zero-order chi connectivity index (χ0) is 11.4. The second kappa shape index (κ2) is 4.85. The summed E-state index contributed by atoms with van der Waals surface area (Å²) in [6.45, 7) is 1.16. The molecule has 1 aromatic carbocycles. The third-order valence-corrected chi connectivity index (χ3v) is 2.34. The van der Waals surface area contributed by atoms with Crippen LogP contribution in [0.3, 0.4) is 0 Å². The highest BCUT2D eigenvalue weighted by molar-refractivity contribution is 5.16. The van der Waals surface area contributed by atoms with Gasteiger partial charge >= 0.3 is 0 Å². The number of aromatic nitrogens is 3. The van der Waals surface area contributed by atoms with Crippen molar-refractivity contribution in [2.45, 2.75) is 13.0 Å². The normalized spacial score (nSPS) is 10.6. The van der Waals surface area contributed by atoms with Crippen molar-refractivity contribution in [3.8, 4) is 0 Å². The average molecular weight is 220 g/mol. The number of halogens is 1. The van der Waals surface area contributed by atoms with Gasteiger partial charge in [-0.05, 0) is 24.2 Å². The summed E-state index contributed by atoms with van der Waals surface area (Å²) in [5.74, 6) is -0.232. The molecule has 0 aliphatic rings. The van der Waals surface area contributed by atoms with Crippen LogP contribution in [0.4, 0.5) is 4.39 Å². The van der Waals surface area contributed by atoms with Crippen LogP contribution in [0.1, 0.15) is 11.3 Å². The first-order valence-electron chi connectivity index (χ1n) is 5.11. The maximum Gasteiger partial charge on any atom is 0.123 e. The Hall–Kier alpha value is -1.75. The van der Waals surface area contributed by atoms with Crippen molar-refractivity contribution in [3.05, 3.63) is 47.5 Å². The number of rotatable bonds is 4. The first-order valence-corrected chi connectivity index (χ1v) is 5.11. The molecule has 0 unspecified atom stereocenters. The lowest BCUT2D eigenvalue weighted by molar-refractivity contribution is 0.609. The zero-order valence-corrected chi connectivity index (χ0v) is 8.81. The molecular formula is C11H13FN4. The molecule has 5 heteroatoms. The summed E-state index contributed by atoms with van der Waals surface area (Å²) < 4.78 is 14.5. The van der Waals surface area contributed by atoms with Crippen molar-refractivity contribution in [3.63, 3.8) is 0 Å². The van der Waals surface area contributed by atoms with Gasteiger partial charge in [0.15, 0.2) is 0 Å². The van der Waals surface area contributed by atoms with Crippen molar-refractivity contribution in [2.24, 2.45) is 5.73 Å². The number of nitrogens with two attached hydrogens (primary N) is 1. The minimum absolute atomic E-state index is 0.232. The number of hydrogen-bond donors (Lipinski definition) is 1. The third kappa shape index (κ3) is 2.43. The summed E-state index contributed by atoms with van der Waals surface area (Å²) in [7, 11) is 0. The minimum Gasteiger partial charge on any atom is -0.330 e. The summed E-state index contributed by atoms with van der Waals surface area (Å²) in [5, 5.41) is 7.81. The fourth-order valence-corrected chi connectivity index (χ4v) is 1.52. The highest BCUT2D eigenvalue weighted by atomic mass is 19.1. The summed E-state index contributed by atoms with van der Waals surface area (Å²) in [6.07, 6.45) is 2.45. The lowest BCUT2D eigenvalue weighted by Crippen LogP contribution is -2.11. The standard InChI is InChI=1S/C11H13FN4/c12-10-3-1-9(2-4-10)8-16-11(5-6-13)7-14-15-16/h1-4,7H,5-6,8,13H2. The smallest absolute Gasteiger partial charge is 0.123 e. The molecule has 4 nitrogen and oxygen atoms in total. The Bertz CT molecular complexity index is 449. The molecule has 1 aromatic heterocycles. The molecule has 2 N–H and O–H groups in total.